The molecule has 7 nitrogen and oxygen atoms in total. The highest BCUT2D eigenvalue weighted by atomic mass is 19.1. The summed E-state index contributed by atoms with van der Waals surface area (Å²) in [7, 11) is 0. The molecule has 2 saturated heterocycles. The number of aryl methyl sites for hydroxylation is 1. The van der Waals surface area contributed by atoms with E-state index in [1.165, 1.54) is 6.07 Å². The van der Waals surface area contributed by atoms with Gasteiger partial charge in [-0.25, -0.2) is 4.39 Å². The van der Waals surface area contributed by atoms with Gasteiger partial charge in [-0.15, -0.1) is 0 Å². The zero-order valence-electron chi connectivity index (χ0n) is 16.8. The fourth-order valence-corrected chi connectivity index (χ4v) is 3.98. The van der Waals surface area contributed by atoms with Crippen molar-refractivity contribution in [1.29, 1.82) is 0 Å². The average Bonchev–Trinajstić information content (AvgIpc) is 2.98. The highest BCUT2D eigenvalue weighted by molar-refractivity contribution is 5.96. The zero-order valence-corrected chi connectivity index (χ0v) is 16.8. The molecule has 3 heterocycles. The van der Waals surface area contributed by atoms with Gasteiger partial charge in [0.2, 0.25) is 11.8 Å². The summed E-state index contributed by atoms with van der Waals surface area (Å²) in [5.41, 5.74) is 1.66. The van der Waals surface area contributed by atoms with Gasteiger partial charge in [-0.3, -0.25) is 19.4 Å². The number of amides is 3. The Bertz CT molecular complexity index is 982. The van der Waals surface area contributed by atoms with Crippen molar-refractivity contribution in [3.8, 4) is 0 Å². The molecule has 3 amide bonds. The first-order chi connectivity index (χ1) is 14.4. The Morgan fingerprint density at radius 2 is 1.90 bits per heavy atom. The van der Waals surface area contributed by atoms with Crippen LogP contribution in [0.15, 0.2) is 42.7 Å². The van der Waals surface area contributed by atoms with Gasteiger partial charge in [0, 0.05) is 44.1 Å². The van der Waals surface area contributed by atoms with E-state index in [1.54, 1.807) is 46.1 Å². The van der Waals surface area contributed by atoms with Crippen molar-refractivity contribution >= 4 is 17.7 Å². The minimum atomic E-state index is -0.583. The lowest BCUT2D eigenvalue weighted by Gasteiger charge is -2.39. The van der Waals surface area contributed by atoms with Crippen LogP contribution >= 0.6 is 0 Å². The monoisotopic (exact) mass is 410 g/mol. The van der Waals surface area contributed by atoms with Crippen LogP contribution in [-0.4, -0.2) is 69.6 Å². The first kappa shape index (κ1) is 20.0. The van der Waals surface area contributed by atoms with Crippen molar-refractivity contribution < 1.29 is 18.8 Å². The SMILES string of the molecule is Cc1ccc(C(=O)N2CCC3C(=O)N(Cc4ccncc4)CC(=O)N3CC2)cc1F. The van der Waals surface area contributed by atoms with E-state index in [0.29, 0.717) is 38.2 Å². The molecule has 0 saturated carbocycles. The molecule has 4 rings (SSSR count). The maximum absolute atomic E-state index is 13.9. The van der Waals surface area contributed by atoms with Gasteiger partial charge in [0.1, 0.15) is 18.4 Å². The maximum Gasteiger partial charge on any atom is 0.254 e. The lowest BCUT2D eigenvalue weighted by Crippen LogP contribution is -2.59. The Hall–Kier alpha value is -3.29. The Morgan fingerprint density at radius 3 is 2.63 bits per heavy atom. The molecule has 2 aliphatic heterocycles. The third-order valence-electron chi connectivity index (χ3n) is 5.73. The van der Waals surface area contributed by atoms with Crippen molar-refractivity contribution in [2.24, 2.45) is 0 Å². The highest BCUT2D eigenvalue weighted by Gasteiger charge is 2.41. The lowest BCUT2D eigenvalue weighted by atomic mass is 10.1. The molecule has 2 aromatic rings. The Kier molecular flexibility index (Phi) is 5.48. The van der Waals surface area contributed by atoms with E-state index >= 15 is 0 Å². The quantitative estimate of drug-likeness (QED) is 0.771. The van der Waals surface area contributed by atoms with Gasteiger partial charge in [-0.05, 0) is 48.7 Å². The molecule has 30 heavy (non-hydrogen) atoms. The van der Waals surface area contributed by atoms with Gasteiger partial charge < -0.3 is 14.7 Å². The average molecular weight is 410 g/mol. The van der Waals surface area contributed by atoms with Gasteiger partial charge in [-0.1, -0.05) is 6.07 Å². The Labute approximate surface area is 174 Å². The van der Waals surface area contributed by atoms with E-state index in [-0.39, 0.29) is 29.8 Å². The van der Waals surface area contributed by atoms with Crippen LogP contribution in [0.4, 0.5) is 4.39 Å². The van der Waals surface area contributed by atoms with Crippen LogP contribution < -0.4 is 0 Å². The number of rotatable bonds is 3. The Morgan fingerprint density at radius 1 is 1.13 bits per heavy atom. The summed E-state index contributed by atoms with van der Waals surface area (Å²) in [6.07, 6.45) is 3.67. The molecule has 0 bridgehead atoms. The fourth-order valence-electron chi connectivity index (χ4n) is 3.98. The number of benzene rings is 1. The van der Waals surface area contributed by atoms with Gasteiger partial charge >= 0.3 is 0 Å². The molecule has 2 fully saturated rings. The molecule has 0 radical (unpaired) electrons. The van der Waals surface area contributed by atoms with Crippen molar-refractivity contribution in [3.63, 3.8) is 0 Å². The van der Waals surface area contributed by atoms with E-state index in [0.717, 1.165) is 5.56 Å². The molecule has 1 unspecified atom stereocenters. The van der Waals surface area contributed by atoms with Crippen LogP contribution in [0.5, 0.6) is 0 Å². The third kappa shape index (κ3) is 3.90. The van der Waals surface area contributed by atoms with E-state index < -0.39 is 11.9 Å². The van der Waals surface area contributed by atoms with Gasteiger partial charge in [-0.2, -0.15) is 0 Å². The fraction of sp³-hybridized carbons (Fsp3) is 0.364. The van der Waals surface area contributed by atoms with E-state index in [9.17, 15) is 18.8 Å². The van der Waals surface area contributed by atoms with E-state index in [2.05, 4.69) is 4.98 Å². The normalized spacial score (nSPS) is 19.5. The molecule has 156 valence electrons. The van der Waals surface area contributed by atoms with Crippen LogP contribution in [0.1, 0.15) is 27.9 Å². The number of pyridine rings is 1. The van der Waals surface area contributed by atoms with E-state index in [4.69, 9.17) is 0 Å². The van der Waals surface area contributed by atoms with Gasteiger partial charge in [0.15, 0.2) is 0 Å². The summed E-state index contributed by atoms with van der Waals surface area (Å²) in [6.45, 7) is 2.95. The van der Waals surface area contributed by atoms with Crippen LogP contribution in [0.2, 0.25) is 0 Å². The maximum atomic E-state index is 13.9. The summed E-state index contributed by atoms with van der Waals surface area (Å²) >= 11 is 0. The number of carbonyl (C=O) groups excluding carboxylic acids is 3. The predicted octanol–water partition coefficient (Wildman–Crippen LogP) is 1.61. The molecule has 0 aliphatic carbocycles. The molecule has 1 aromatic carbocycles. The number of aromatic nitrogens is 1. The van der Waals surface area contributed by atoms with E-state index in [1.807, 2.05) is 12.1 Å². The number of carbonyl (C=O) groups is 3. The van der Waals surface area contributed by atoms with Crippen molar-refractivity contribution in [3.05, 3.63) is 65.2 Å². The number of hydrogen-bond acceptors (Lipinski definition) is 4. The largest absolute Gasteiger partial charge is 0.337 e. The molecular weight excluding hydrogens is 387 g/mol. The smallest absolute Gasteiger partial charge is 0.254 e. The predicted molar refractivity (Wildman–Crippen MR) is 107 cm³/mol. The molecule has 8 heteroatoms. The van der Waals surface area contributed by atoms with Crippen LogP contribution in [0, 0.1) is 12.7 Å². The van der Waals surface area contributed by atoms with Crippen LogP contribution in [0.25, 0.3) is 0 Å². The summed E-state index contributed by atoms with van der Waals surface area (Å²) in [5.74, 6) is -0.945. The molecular formula is C22H23FN4O3. The number of halogens is 1. The second-order valence-corrected chi connectivity index (χ2v) is 7.70. The van der Waals surface area contributed by atoms with Crippen molar-refractivity contribution in [2.45, 2.75) is 25.9 Å². The second-order valence-electron chi connectivity index (χ2n) is 7.70. The first-order valence-electron chi connectivity index (χ1n) is 9.96. The lowest BCUT2D eigenvalue weighted by molar-refractivity contribution is -0.156. The van der Waals surface area contributed by atoms with Gasteiger partial charge in [0.25, 0.3) is 5.91 Å². The van der Waals surface area contributed by atoms with Gasteiger partial charge in [0.05, 0.1) is 0 Å². The molecule has 0 spiro atoms. The number of nitrogens with zero attached hydrogens (tertiary/aromatic N) is 4. The second kappa shape index (κ2) is 8.22. The van der Waals surface area contributed by atoms with Crippen LogP contribution in [0.3, 0.4) is 0 Å². The highest BCUT2D eigenvalue weighted by Crippen LogP contribution is 2.22. The minimum absolute atomic E-state index is 0.0226. The minimum Gasteiger partial charge on any atom is -0.337 e. The van der Waals surface area contributed by atoms with Crippen LogP contribution in [-0.2, 0) is 16.1 Å². The molecule has 1 aromatic heterocycles. The molecule has 2 aliphatic rings. The summed E-state index contributed by atoms with van der Waals surface area (Å²) in [4.78, 5) is 47.3. The topological polar surface area (TPSA) is 73.8 Å². The molecule has 1 atom stereocenters. The Balaban J connectivity index is 1.48. The summed E-state index contributed by atoms with van der Waals surface area (Å²) in [6, 6.07) is 7.47. The number of hydrogen-bond donors (Lipinski definition) is 0. The zero-order chi connectivity index (χ0) is 21.3. The summed E-state index contributed by atoms with van der Waals surface area (Å²) < 4.78 is 13.9. The standard InChI is InChI=1S/C22H23FN4O3/c1-15-2-3-17(12-18(15)23)21(29)25-9-6-19-22(30)26(13-16-4-7-24-8-5-16)14-20(28)27(19)11-10-25/h2-5,7-8,12,19H,6,9-11,13-14H2,1H3. The first-order valence-corrected chi connectivity index (χ1v) is 9.96. The summed E-state index contributed by atoms with van der Waals surface area (Å²) in [5, 5.41) is 0. The number of piperazine rings is 1. The number of fused-ring (bicyclic) bond motifs is 1. The van der Waals surface area contributed by atoms with Crippen molar-refractivity contribution in [2.75, 3.05) is 26.2 Å². The third-order valence-corrected chi connectivity index (χ3v) is 5.73. The van der Waals surface area contributed by atoms with Crippen molar-refractivity contribution in [1.82, 2.24) is 19.7 Å². The molecule has 0 N–H and O–H groups in total.